The zero-order valence-electron chi connectivity index (χ0n) is 15.6. The van der Waals surface area contributed by atoms with Gasteiger partial charge in [0.05, 0.1) is 5.69 Å². The topological polar surface area (TPSA) is 44.5 Å². The molecule has 0 saturated heterocycles. The van der Waals surface area contributed by atoms with Crippen molar-refractivity contribution >= 4 is 17.1 Å². The van der Waals surface area contributed by atoms with E-state index in [1.807, 2.05) is 32.0 Å². The second-order valence-corrected chi connectivity index (χ2v) is 5.89. The van der Waals surface area contributed by atoms with Gasteiger partial charge >= 0.3 is 0 Å². The van der Waals surface area contributed by atoms with E-state index >= 15 is 0 Å². The summed E-state index contributed by atoms with van der Waals surface area (Å²) in [5, 5.41) is 0. The molecule has 0 aromatic heterocycles. The zero-order valence-corrected chi connectivity index (χ0v) is 15.6. The first-order valence-electron chi connectivity index (χ1n) is 8.99. The van der Waals surface area contributed by atoms with Crippen molar-refractivity contribution in [2.75, 3.05) is 41.4 Å². The molecule has 0 unspecified atom stereocenters. The summed E-state index contributed by atoms with van der Waals surface area (Å²) in [6.07, 6.45) is 0. The lowest BCUT2D eigenvalue weighted by atomic mass is 10.0. The lowest BCUT2D eigenvalue weighted by Gasteiger charge is -2.25. The number of hydrogen-bond acceptors (Lipinski definition) is 4. The van der Waals surface area contributed by atoms with E-state index in [4.69, 9.17) is 5.84 Å². The van der Waals surface area contributed by atoms with Crippen LogP contribution in [-0.2, 0) is 0 Å². The molecule has 0 amide bonds. The Hall–Kier alpha value is -2.27. The third kappa shape index (κ3) is 4.04. The van der Waals surface area contributed by atoms with Gasteiger partial charge in [0, 0.05) is 31.9 Å². The van der Waals surface area contributed by atoms with E-state index in [-0.39, 0.29) is 5.82 Å². The van der Waals surface area contributed by atoms with Gasteiger partial charge in [-0.25, -0.2) is 4.39 Å². The lowest BCUT2D eigenvalue weighted by Crippen LogP contribution is -2.24. The van der Waals surface area contributed by atoms with E-state index in [9.17, 15) is 4.39 Å². The Morgan fingerprint density at radius 1 is 0.840 bits per heavy atom. The first kappa shape index (κ1) is 19.1. The highest BCUT2D eigenvalue weighted by molar-refractivity contribution is 5.79. The minimum Gasteiger partial charge on any atom is -0.372 e. The number of nitrogens with zero attached hydrogens (tertiary/aromatic N) is 2. The number of rotatable bonds is 8. The van der Waals surface area contributed by atoms with Gasteiger partial charge < -0.3 is 15.2 Å². The van der Waals surface area contributed by atoms with Crippen molar-refractivity contribution in [3.63, 3.8) is 0 Å². The first-order chi connectivity index (χ1) is 12.1. The molecule has 3 N–H and O–H groups in total. The summed E-state index contributed by atoms with van der Waals surface area (Å²) >= 11 is 0. The highest BCUT2D eigenvalue weighted by Crippen LogP contribution is 2.34. The molecule has 2 aromatic rings. The summed E-state index contributed by atoms with van der Waals surface area (Å²) in [6.45, 7) is 11.9. The van der Waals surface area contributed by atoms with E-state index in [0.29, 0.717) is 5.69 Å². The summed E-state index contributed by atoms with van der Waals surface area (Å²) in [6, 6.07) is 11.8. The maximum Gasteiger partial charge on any atom is 0.150 e. The Labute approximate surface area is 150 Å². The number of halogens is 1. The third-order valence-electron chi connectivity index (χ3n) is 4.65. The van der Waals surface area contributed by atoms with Crippen molar-refractivity contribution < 1.29 is 4.39 Å². The summed E-state index contributed by atoms with van der Waals surface area (Å²) in [7, 11) is 0. The van der Waals surface area contributed by atoms with Gasteiger partial charge in [0.1, 0.15) is 11.5 Å². The number of hydrazine groups is 1. The van der Waals surface area contributed by atoms with E-state index in [1.165, 1.54) is 11.8 Å². The van der Waals surface area contributed by atoms with Gasteiger partial charge in [-0.05, 0) is 63.1 Å². The molecule has 25 heavy (non-hydrogen) atoms. The molecule has 2 rings (SSSR count). The van der Waals surface area contributed by atoms with Gasteiger partial charge in [-0.1, -0.05) is 12.1 Å². The molecule has 4 nitrogen and oxygen atoms in total. The fourth-order valence-electron chi connectivity index (χ4n) is 3.17. The fraction of sp³-hybridized carbons (Fsp3) is 0.400. The van der Waals surface area contributed by atoms with Crippen molar-refractivity contribution in [3.05, 3.63) is 42.2 Å². The number of hydrogen-bond donors (Lipinski definition) is 2. The quantitative estimate of drug-likeness (QED) is 0.548. The Morgan fingerprint density at radius 3 is 1.88 bits per heavy atom. The van der Waals surface area contributed by atoms with Crippen LogP contribution < -0.4 is 21.1 Å². The fourth-order valence-corrected chi connectivity index (χ4v) is 3.17. The van der Waals surface area contributed by atoms with Gasteiger partial charge in [-0.15, -0.1) is 0 Å². The van der Waals surface area contributed by atoms with Crippen LogP contribution in [0.4, 0.5) is 21.5 Å². The number of nitrogens with two attached hydrogens (primary N) is 1. The molecule has 136 valence electrons. The standard InChI is InChI=1S/C20H29FN4/c1-5-24(6-2)17-11-9-15(10-12-17)16-13-18(21)20(23-22)19(14-16)25(7-3)8-4/h9-14,23H,5-8,22H2,1-4H3. The van der Waals surface area contributed by atoms with Crippen molar-refractivity contribution in [3.8, 4) is 11.1 Å². The van der Waals surface area contributed by atoms with E-state index in [2.05, 4.69) is 41.2 Å². The van der Waals surface area contributed by atoms with Crippen LogP contribution in [0.3, 0.4) is 0 Å². The Bertz CT molecular complexity index is 677. The third-order valence-corrected chi connectivity index (χ3v) is 4.65. The number of nitrogens with one attached hydrogen (secondary N) is 1. The van der Waals surface area contributed by atoms with E-state index in [0.717, 1.165) is 43.0 Å². The monoisotopic (exact) mass is 344 g/mol. The van der Waals surface area contributed by atoms with Crippen LogP contribution in [0, 0.1) is 5.82 Å². The average molecular weight is 344 g/mol. The van der Waals surface area contributed by atoms with Crippen molar-refractivity contribution in [1.82, 2.24) is 0 Å². The smallest absolute Gasteiger partial charge is 0.150 e. The molecule has 0 aliphatic heterocycles. The minimum absolute atomic E-state index is 0.338. The predicted molar refractivity (Wildman–Crippen MR) is 107 cm³/mol. The van der Waals surface area contributed by atoms with Crippen molar-refractivity contribution in [2.24, 2.45) is 5.84 Å². The Balaban J connectivity index is 2.45. The molecule has 5 heteroatoms. The molecular weight excluding hydrogens is 315 g/mol. The molecule has 0 aliphatic carbocycles. The van der Waals surface area contributed by atoms with Gasteiger partial charge in [-0.2, -0.15) is 0 Å². The normalized spacial score (nSPS) is 10.6. The van der Waals surface area contributed by atoms with Crippen LogP contribution in [0.2, 0.25) is 0 Å². The van der Waals surface area contributed by atoms with Crippen LogP contribution in [0.5, 0.6) is 0 Å². The molecule has 2 aromatic carbocycles. The molecule has 0 spiro atoms. The van der Waals surface area contributed by atoms with E-state index in [1.54, 1.807) is 0 Å². The molecule has 0 heterocycles. The highest BCUT2D eigenvalue weighted by Gasteiger charge is 2.15. The van der Waals surface area contributed by atoms with Gasteiger partial charge in [-0.3, -0.25) is 5.84 Å². The average Bonchev–Trinajstić information content (AvgIpc) is 2.64. The maximum atomic E-state index is 14.6. The van der Waals surface area contributed by atoms with Gasteiger partial charge in [0.15, 0.2) is 0 Å². The number of nitrogen functional groups attached to an aromatic ring is 1. The molecule has 0 bridgehead atoms. The highest BCUT2D eigenvalue weighted by atomic mass is 19.1. The van der Waals surface area contributed by atoms with Crippen LogP contribution >= 0.6 is 0 Å². The molecular formula is C20H29FN4. The summed E-state index contributed by atoms with van der Waals surface area (Å²) < 4.78 is 14.6. The predicted octanol–water partition coefficient (Wildman–Crippen LogP) is 4.47. The molecule has 0 aliphatic rings. The second kappa shape index (κ2) is 8.72. The molecule has 0 fully saturated rings. The molecule has 0 radical (unpaired) electrons. The largest absolute Gasteiger partial charge is 0.372 e. The number of benzene rings is 2. The lowest BCUT2D eigenvalue weighted by molar-refractivity contribution is 0.630. The summed E-state index contributed by atoms with van der Waals surface area (Å²) in [5.74, 6) is 5.21. The van der Waals surface area contributed by atoms with Crippen molar-refractivity contribution in [2.45, 2.75) is 27.7 Å². The van der Waals surface area contributed by atoms with Gasteiger partial charge in [0.25, 0.3) is 0 Å². The minimum atomic E-state index is -0.338. The van der Waals surface area contributed by atoms with Gasteiger partial charge in [0.2, 0.25) is 0 Å². The maximum absolute atomic E-state index is 14.6. The Morgan fingerprint density at radius 2 is 1.40 bits per heavy atom. The van der Waals surface area contributed by atoms with E-state index < -0.39 is 0 Å². The van der Waals surface area contributed by atoms with Crippen LogP contribution in [0.25, 0.3) is 11.1 Å². The number of anilines is 3. The van der Waals surface area contributed by atoms with Crippen molar-refractivity contribution in [1.29, 1.82) is 0 Å². The Kier molecular flexibility index (Phi) is 6.65. The second-order valence-electron chi connectivity index (χ2n) is 5.89. The van der Waals surface area contributed by atoms with Crippen LogP contribution in [-0.4, -0.2) is 26.2 Å². The molecule has 0 atom stereocenters. The zero-order chi connectivity index (χ0) is 18.4. The summed E-state index contributed by atoms with van der Waals surface area (Å²) in [4.78, 5) is 4.37. The summed E-state index contributed by atoms with van der Waals surface area (Å²) in [5.41, 5.74) is 6.66. The van der Waals surface area contributed by atoms with Crippen LogP contribution in [0.1, 0.15) is 27.7 Å². The first-order valence-corrected chi connectivity index (χ1v) is 8.99. The molecule has 0 saturated carbocycles. The van der Waals surface area contributed by atoms with Crippen LogP contribution in [0.15, 0.2) is 36.4 Å². The SMILES string of the molecule is CCN(CC)c1ccc(-c2cc(F)c(NN)c(N(CC)CC)c2)cc1.